The number of anilines is 3. The lowest BCUT2D eigenvalue weighted by Gasteiger charge is -2.27. The molecule has 3 nitrogen and oxygen atoms in total. The largest absolute Gasteiger partial charge is 0.456 e. The molecule has 0 radical (unpaired) electrons. The van der Waals surface area contributed by atoms with Crippen LogP contribution in [0.15, 0.2) is 160 Å². The molecule has 7 aromatic carbocycles. The summed E-state index contributed by atoms with van der Waals surface area (Å²) in [5.41, 5.74) is 8.88. The zero-order valence-electron chi connectivity index (χ0n) is 23.2. The average Bonchev–Trinajstić information content (AvgIpc) is 3.65. The minimum Gasteiger partial charge on any atom is -0.456 e. The third-order valence-corrected chi connectivity index (χ3v) is 8.43. The summed E-state index contributed by atoms with van der Waals surface area (Å²) < 4.78 is 13.1. The highest BCUT2D eigenvalue weighted by Crippen LogP contribution is 2.49. The van der Waals surface area contributed by atoms with Crippen molar-refractivity contribution in [3.8, 4) is 11.1 Å². The third-order valence-electron chi connectivity index (χ3n) is 8.43. The molecule has 0 fully saturated rings. The van der Waals surface area contributed by atoms with Crippen LogP contribution in [0.1, 0.15) is 0 Å². The first-order valence-corrected chi connectivity index (χ1v) is 14.5. The van der Waals surface area contributed by atoms with E-state index in [1.165, 1.54) is 10.8 Å². The van der Waals surface area contributed by atoms with Gasteiger partial charge in [-0.3, -0.25) is 0 Å². The van der Waals surface area contributed by atoms with E-state index in [1.807, 2.05) is 12.1 Å². The Morgan fingerprint density at radius 3 is 1.81 bits per heavy atom. The van der Waals surface area contributed by atoms with Gasteiger partial charge in [0, 0.05) is 22.0 Å². The first-order valence-electron chi connectivity index (χ1n) is 14.5. The Morgan fingerprint density at radius 1 is 0.419 bits per heavy atom. The van der Waals surface area contributed by atoms with Gasteiger partial charge in [-0.05, 0) is 64.9 Å². The molecule has 0 atom stereocenters. The van der Waals surface area contributed by atoms with Gasteiger partial charge in [-0.2, -0.15) is 0 Å². The minimum absolute atomic E-state index is 0.853. The quantitative estimate of drug-likeness (QED) is 0.218. The molecule has 2 heterocycles. The fourth-order valence-corrected chi connectivity index (χ4v) is 6.59. The van der Waals surface area contributed by atoms with Crippen LogP contribution in [0.3, 0.4) is 0 Å². The third kappa shape index (κ3) is 3.62. The lowest BCUT2D eigenvalue weighted by molar-refractivity contribution is 0.669. The Bertz CT molecular complexity index is 2450. The highest BCUT2D eigenvalue weighted by Gasteiger charge is 2.24. The Morgan fingerprint density at radius 2 is 1.02 bits per heavy atom. The van der Waals surface area contributed by atoms with Crippen LogP contribution in [0.2, 0.25) is 0 Å². The number of nitrogens with zero attached hydrogens (tertiary/aromatic N) is 1. The second-order valence-corrected chi connectivity index (χ2v) is 10.9. The van der Waals surface area contributed by atoms with Gasteiger partial charge in [0.05, 0.1) is 22.1 Å². The summed E-state index contributed by atoms with van der Waals surface area (Å²) in [5.74, 6) is 0. The van der Waals surface area contributed by atoms with Gasteiger partial charge in [0.25, 0.3) is 0 Å². The van der Waals surface area contributed by atoms with E-state index < -0.39 is 0 Å². The summed E-state index contributed by atoms with van der Waals surface area (Å²) in [4.78, 5) is 2.35. The average molecular weight is 552 g/mol. The van der Waals surface area contributed by atoms with Gasteiger partial charge < -0.3 is 13.7 Å². The van der Waals surface area contributed by atoms with E-state index in [9.17, 15) is 0 Å². The van der Waals surface area contributed by atoms with E-state index in [0.29, 0.717) is 0 Å². The van der Waals surface area contributed by atoms with Crippen molar-refractivity contribution in [3.05, 3.63) is 152 Å². The molecule has 0 bridgehead atoms. The van der Waals surface area contributed by atoms with Crippen LogP contribution >= 0.6 is 0 Å². The van der Waals surface area contributed by atoms with Crippen molar-refractivity contribution < 1.29 is 8.83 Å². The number of hydrogen-bond acceptors (Lipinski definition) is 3. The van der Waals surface area contributed by atoms with E-state index in [-0.39, 0.29) is 0 Å². The number of fused-ring (bicyclic) bond motifs is 8. The second-order valence-electron chi connectivity index (χ2n) is 10.9. The molecule has 0 unspecified atom stereocenters. The van der Waals surface area contributed by atoms with Crippen molar-refractivity contribution >= 4 is 71.7 Å². The van der Waals surface area contributed by atoms with Gasteiger partial charge in [0.15, 0.2) is 0 Å². The Labute approximate surface area is 247 Å². The molecule has 43 heavy (non-hydrogen) atoms. The Hall–Kier alpha value is -5.80. The van der Waals surface area contributed by atoms with Gasteiger partial charge in [0.2, 0.25) is 0 Å². The summed E-state index contributed by atoms with van der Waals surface area (Å²) in [6.45, 7) is 0. The highest BCUT2D eigenvalue weighted by atomic mass is 16.3. The van der Waals surface area contributed by atoms with Crippen LogP contribution < -0.4 is 4.90 Å². The smallest absolute Gasteiger partial charge is 0.143 e. The zero-order valence-corrected chi connectivity index (χ0v) is 23.2. The Kier molecular flexibility index (Phi) is 5.20. The molecule has 0 aliphatic heterocycles. The van der Waals surface area contributed by atoms with Crippen LogP contribution in [0, 0.1) is 0 Å². The van der Waals surface area contributed by atoms with Crippen molar-refractivity contribution in [2.45, 2.75) is 0 Å². The van der Waals surface area contributed by atoms with Gasteiger partial charge in [-0.15, -0.1) is 0 Å². The molecule has 9 rings (SSSR count). The number of rotatable bonds is 4. The maximum absolute atomic E-state index is 6.81. The lowest BCUT2D eigenvalue weighted by Crippen LogP contribution is -2.10. The molecule has 0 saturated heterocycles. The molecule has 0 N–H and O–H groups in total. The fraction of sp³-hybridized carbons (Fsp3) is 0. The Balaban J connectivity index is 1.44. The van der Waals surface area contributed by atoms with Gasteiger partial charge in [0.1, 0.15) is 22.3 Å². The fourth-order valence-electron chi connectivity index (χ4n) is 6.59. The molecular weight excluding hydrogens is 526 g/mol. The van der Waals surface area contributed by atoms with Gasteiger partial charge >= 0.3 is 0 Å². The molecule has 3 heteroatoms. The molecule has 0 amide bonds. The van der Waals surface area contributed by atoms with Crippen LogP contribution in [-0.2, 0) is 0 Å². The first-order chi connectivity index (χ1) is 21.3. The standard InChI is InChI=1S/C40H25NO2/c1-3-13-26(14-4-1)31-25-27-15-7-8-18-29(27)38-39-33(21-12-24-36(39)43-40(31)38)41(28-16-5-2-6-17-28)32-20-11-23-35-37(32)30-19-9-10-22-34(30)42-35/h1-25H. The number of para-hydroxylation sites is 2. The van der Waals surface area contributed by atoms with Crippen molar-refractivity contribution in [2.75, 3.05) is 4.90 Å². The summed E-state index contributed by atoms with van der Waals surface area (Å²) in [6.07, 6.45) is 0. The molecule has 202 valence electrons. The molecule has 0 aliphatic rings. The number of hydrogen-bond donors (Lipinski definition) is 0. The molecule has 0 aliphatic carbocycles. The summed E-state index contributed by atoms with van der Waals surface area (Å²) in [5, 5.41) is 6.73. The van der Waals surface area contributed by atoms with E-state index in [0.717, 1.165) is 72.1 Å². The van der Waals surface area contributed by atoms with E-state index in [1.54, 1.807) is 0 Å². The van der Waals surface area contributed by atoms with Crippen molar-refractivity contribution in [1.82, 2.24) is 0 Å². The minimum atomic E-state index is 0.853. The monoisotopic (exact) mass is 551 g/mol. The predicted octanol–water partition coefficient (Wildman–Crippen LogP) is 11.8. The lowest BCUT2D eigenvalue weighted by atomic mass is 9.95. The van der Waals surface area contributed by atoms with Crippen LogP contribution in [0.4, 0.5) is 17.1 Å². The van der Waals surface area contributed by atoms with E-state index >= 15 is 0 Å². The number of benzene rings is 7. The van der Waals surface area contributed by atoms with Crippen molar-refractivity contribution in [3.63, 3.8) is 0 Å². The molecule has 0 spiro atoms. The normalized spacial score (nSPS) is 11.7. The van der Waals surface area contributed by atoms with Gasteiger partial charge in [-0.1, -0.05) is 103 Å². The SMILES string of the molecule is c1ccc(-c2cc3ccccc3c3c2oc2cccc(N(c4ccccc4)c4cccc5oc6ccccc6c45)c23)cc1. The van der Waals surface area contributed by atoms with Gasteiger partial charge in [-0.25, -0.2) is 0 Å². The molecule has 2 aromatic heterocycles. The second kappa shape index (κ2) is 9.37. The summed E-state index contributed by atoms with van der Waals surface area (Å²) in [7, 11) is 0. The van der Waals surface area contributed by atoms with E-state index in [4.69, 9.17) is 8.83 Å². The van der Waals surface area contributed by atoms with E-state index in [2.05, 4.69) is 144 Å². The first kappa shape index (κ1) is 23.9. The summed E-state index contributed by atoms with van der Waals surface area (Å²) in [6, 6.07) is 52.9. The summed E-state index contributed by atoms with van der Waals surface area (Å²) >= 11 is 0. The topological polar surface area (TPSA) is 29.5 Å². The van der Waals surface area contributed by atoms with Crippen LogP contribution in [0.25, 0.3) is 65.8 Å². The van der Waals surface area contributed by atoms with Crippen LogP contribution in [0.5, 0.6) is 0 Å². The van der Waals surface area contributed by atoms with Crippen LogP contribution in [-0.4, -0.2) is 0 Å². The molecular formula is C40H25NO2. The highest BCUT2D eigenvalue weighted by molar-refractivity contribution is 6.26. The van der Waals surface area contributed by atoms with Crippen molar-refractivity contribution in [2.24, 2.45) is 0 Å². The molecule has 9 aromatic rings. The number of furan rings is 2. The van der Waals surface area contributed by atoms with Crippen molar-refractivity contribution in [1.29, 1.82) is 0 Å². The zero-order chi connectivity index (χ0) is 28.3. The predicted molar refractivity (Wildman–Crippen MR) is 179 cm³/mol. The molecule has 0 saturated carbocycles. The maximum atomic E-state index is 6.81. The maximum Gasteiger partial charge on any atom is 0.143 e.